The van der Waals surface area contributed by atoms with Crippen LogP contribution >= 0.6 is 0 Å². The molecule has 1 saturated heterocycles. The lowest BCUT2D eigenvalue weighted by atomic mass is 10.3. The van der Waals surface area contributed by atoms with Gasteiger partial charge in [0.2, 0.25) is 0 Å². The Hall–Kier alpha value is -1.89. The van der Waals surface area contributed by atoms with Gasteiger partial charge in [-0.05, 0) is 6.42 Å². The predicted octanol–water partition coefficient (Wildman–Crippen LogP) is 0.140. The molecule has 0 radical (unpaired) electrons. The summed E-state index contributed by atoms with van der Waals surface area (Å²) in [6, 6.07) is 1.26. The SMILES string of the molecule is Cn1cc([N+](=O)[O-])cc1C(=O)N1CC[C@@H](O)C1. The van der Waals surface area contributed by atoms with Crippen LogP contribution in [0.1, 0.15) is 16.9 Å². The van der Waals surface area contributed by atoms with Crippen LogP contribution in [-0.2, 0) is 7.05 Å². The number of rotatable bonds is 2. The molecule has 1 fully saturated rings. The number of aliphatic hydroxyl groups excluding tert-OH is 1. The summed E-state index contributed by atoms with van der Waals surface area (Å²) in [6.45, 7) is 0.775. The third kappa shape index (κ3) is 2.14. The highest BCUT2D eigenvalue weighted by Crippen LogP contribution is 2.19. The molecule has 1 N–H and O–H groups in total. The van der Waals surface area contributed by atoms with E-state index in [2.05, 4.69) is 0 Å². The van der Waals surface area contributed by atoms with Crippen LogP contribution in [0.25, 0.3) is 0 Å². The van der Waals surface area contributed by atoms with Crippen molar-refractivity contribution in [1.29, 1.82) is 0 Å². The van der Waals surface area contributed by atoms with Gasteiger partial charge in [-0.25, -0.2) is 0 Å². The first kappa shape index (κ1) is 11.6. The summed E-state index contributed by atoms with van der Waals surface area (Å²) in [5, 5.41) is 19.9. The molecular weight excluding hydrogens is 226 g/mol. The maximum atomic E-state index is 12.0. The number of hydrogen-bond donors (Lipinski definition) is 1. The monoisotopic (exact) mass is 239 g/mol. The average Bonchev–Trinajstić information content (AvgIpc) is 2.84. The zero-order chi connectivity index (χ0) is 12.6. The van der Waals surface area contributed by atoms with E-state index in [0.29, 0.717) is 13.0 Å². The zero-order valence-corrected chi connectivity index (χ0v) is 9.37. The van der Waals surface area contributed by atoms with Crippen LogP contribution in [0, 0.1) is 10.1 Å². The van der Waals surface area contributed by atoms with Gasteiger partial charge in [0.15, 0.2) is 0 Å². The van der Waals surface area contributed by atoms with Crippen molar-refractivity contribution in [3.8, 4) is 0 Å². The molecule has 0 unspecified atom stereocenters. The van der Waals surface area contributed by atoms with Gasteiger partial charge in [0, 0.05) is 26.2 Å². The number of hydrogen-bond acceptors (Lipinski definition) is 4. The van der Waals surface area contributed by atoms with Crippen molar-refractivity contribution in [3.63, 3.8) is 0 Å². The van der Waals surface area contributed by atoms with Gasteiger partial charge < -0.3 is 14.6 Å². The number of carbonyl (C=O) groups is 1. The Balaban J connectivity index is 2.22. The van der Waals surface area contributed by atoms with E-state index in [4.69, 9.17) is 0 Å². The summed E-state index contributed by atoms with van der Waals surface area (Å²) >= 11 is 0. The van der Waals surface area contributed by atoms with E-state index in [9.17, 15) is 20.0 Å². The fourth-order valence-electron chi connectivity index (χ4n) is 1.95. The van der Waals surface area contributed by atoms with Gasteiger partial charge in [-0.2, -0.15) is 0 Å². The number of aryl methyl sites for hydroxylation is 1. The molecule has 0 aromatic carbocycles. The first-order valence-electron chi connectivity index (χ1n) is 5.27. The molecule has 7 nitrogen and oxygen atoms in total. The summed E-state index contributed by atoms with van der Waals surface area (Å²) in [5.74, 6) is -0.280. The third-order valence-corrected chi connectivity index (χ3v) is 2.87. The average molecular weight is 239 g/mol. The molecule has 2 heterocycles. The Morgan fingerprint density at radius 2 is 2.35 bits per heavy atom. The molecule has 92 valence electrons. The molecule has 1 atom stereocenters. The van der Waals surface area contributed by atoms with Crippen molar-refractivity contribution in [2.75, 3.05) is 13.1 Å². The van der Waals surface area contributed by atoms with E-state index in [1.165, 1.54) is 21.7 Å². The van der Waals surface area contributed by atoms with Gasteiger partial charge in [0.05, 0.1) is 17.2 Å². The third-order valence-electron chi connectivity index (χ3n) is 2.87. The van der Waals surface area contributed by atoms with E-state index in [1.54, 1.807) is 7.05 Å². The summed E-state index contributed by atoms with van der Waals surface area (Å²) in [5.41, 5.74) is 0.168. The second kappa shape index (κ2) is 4.17. The number of nitrogens with zero attached hydrogens (tertiary/aromatic N) is 3. The van der Waals surface area contributed by atoms with Crippen molar-refractivity contribution in [3.05, 3.63) is 28.1 Å². The highest BCUT2D eigenvalue weighted by molar-refractivity contribution is 5.93. The van der Waals surface area contributed by atoms with Gasteiger partial charge in [-0.3, -0.25) is 14.9 Å². The first-order valence-corrected chi connectivity index (χ1v) is 5.27. The Bertz CT molecular complexity index is 468. The minimum Gasteiger partial charge on any atom is -0.391 e. The number of aromatic nitrogens is 1. The van der Waals surface area contributed by atoms with Crippen molar-refractivity contribution in [2.24, 2.45) is 7.05 Å². The summed E-state index contributed by atoms with van der Waals surface area (Å²) in [7, 11) is 1.59. The largest absolute Gasteiger partial charge is 0.391 e. The zero-order valence-electron chi connectivity index (χ0n) is 9.37. The molecule has 0 bridgehead atoms. The molecule has 7 heteroatoms. The molecule has 1 aliphatic heterocycles. The highest BCUT2D eigenvalue weighted by Gasteiger charge is 2.28. The van der Waals surface area contributed by atoms with Gasteiger partial charge in [-0.15, -0.1) is 0 Å². The highest BCUT2D eigenvalue weighted by atomic mass is 16.6. The van der Waals surface area contributed by atoms with Crippen molar-refractivity contribution in [1.82, 2.24) is 9.47 Å². The number of nitro groups is 1. The van der Waals surface area contributed by atoms with Gasteiger partial charge in [0.25, 0.3) is 11.6 Å². The number of carbonyl (C=O) groups excluding carboxylic acids is 1. The smallest absolute Gasteiger partial charge is 0.287 e. The Labute approximate surface area is 97.4 Å². The fraction of sp³-hybridized carbons (Fsp3) is 0.500. The van der Waals surface area contributed by atoms with Crippen molar-refractivity contribution < 1.29 is 14.8 Å². The van der Waals surface area contributed by atoms with Crippen LogP contribution < -0.4 is 0 Å². The second-order valence-corrected chi connectivity index (χ2v) is 4.15. The lowest BCUT2D eigenvalue weighted by Gasteiger charge is -2.15. The number of likely N-dealkylation sites (tertiary alicyclic amines) is 1. The van der Waals surface area contributed by atoms with Gasteiger partial charge in [-0.1, -0.05) is 0 Å². The Morgan fingerprint density at radius 3 is 2.82 bits per heavy atom. The Morgan fingerprint density at radius 1 is 1.65 bits per heavy atom. The van der Waals surface area contributed by atoms with E-state index in [0.717, 1.165) is 0 Å². The molecular formula is C10H13N3O4. The lowest BCUT2D eigenvalue weighted by Crippen LogP contribution is -2.30. The predicted molar refractivity (Wildman–Crippen MR) is 58.6 cm³/mol. The van der Waals surface area contributed by atoms with Crippen LogP contribution in [0.3, 0.4) is 0 Å². The maximum Gasteiger partial charge on any atom is 0.287 e. The minimum atomic E-state index is -0.532. The topological polar surface area (TPSA) is 88.6 Å². The van der Waals surface area contributed by atoms with E-state index >= 15 is 0 Å². The van der Waals surface area contributed by atoms with Crippen molar-refractivity contribution >= 4 is 11.6 Å². The van der Waals surface area contributed by atoms with E-state index in [1.807, 2.05) is 0 Å². The van der Waals surface area contributed by atoms with Crippen molar-refractivity contribution in [2.45, 2.75) is 12.5 Å². The summed E-state index contributed by atoms with van der Waals surface area (Å²) in [4.78, 5) is 23.6. The molecule has 1 aromatic rings. The molecule has 0 saturated carbocycles. The molecule has 1 aliphatic rings. The summed E-state index contributed by atoms with van der Waals surface area (Å²) in [6.07, 6.45) is 1.37. The minimum absolute atomic E-state index is 0.101. The van der Waals surface area contributed by atoms with Crippen LogP contribution in [0.5, 0.6) is 0 Å². The van der Waals surface area contributed by atoms with Crippen LogP contribution in [-0.4, -0.2) is 44.6 Å². The lowest BCUT2D eigenvalue weighted by molar-refractivity contribution is -0.384. The molecule has 17 heavy (non-hydrogen) atoms. The standard InChI is InChI=1S/C10H13N3O4/c1-11-5-7(13(16)17)4-9(11)10(15)12-3-2-8(14)6-12/h4-5,8,14H,2-3,6H2,1H3/t8-/m1/s1. The molecule has 0 spiro atoms. The first-order chi connectivity index (χ1) is 7.99. The quantitative estimate of drug-likeness (QED) is 0.587. The van der Waals surface area contributed by atoms with E-state index in [-0.39, 0.29) is 23.8 Å². The normalized spacial score (nSPS) is 19.6. The molecule has 1 amide bonds. The van der Waals surface area contributed by atoms with Gasteiger partial charge in [0.1, 0.15) is 5.69 Å². The Kier molecular flexibility index (Phi) is 2.84. The molecule has 2 rings (SSSR count). The number of β-amino-alcohol motifs (C(OH)–C–C–N with tert-alkyl or cyclic N) is 1. The van der Waals surface area contributed by atoms with Crippen LogP contribution in [0.15, 0.2) is 12.3 Å². The molecule has 0 aliphatic carbocycles. The maximum absolute atomic E-state index is 12.0. The van der Waals surface area contributed by atoms with Crippen LogP contribution in [0.2, 0.25) is 0 Å². The van der Waals surface area contributed by atoms with Gasteiger partial charge >= 0.3 is 0 Å². The van der Waals surface area contributed by atoms with E-state index < -0.39 is 11.0 Å². The number of amides is 1. The number of aliphatic hydroxyl groups is 1. The molecule has 1 aromatic heterocycles. The van der Waals surface area contributed by atoms with Crippen LogP contribution in [0.4, 0.5) is 5.69 Å². The fourth-order valence-corrected chi connectivity index (χ4v) is 1.95. The summed E-state index contributed by atoms with van der Waals surface area (Å²) < 4.78 is 1.44. The second-order valence-electron chi connectivity index (χ2n) is 4.15.